The molecule has 3 aromatic rings. The number of rotatable bonds is 3. The molecule has 0 unspecified atom stereocenters. The first kappa shape index (κ1) is 17.0. The molecule has 1 N–H and O–H groups in total. The Balaban J connectivity index is 1.63. The molecular weight excluding hydrogens is 351 g/mol. The number of fused-ring (bicyclic) bond motifs is 1. The van der Waals surface area contributed by atoms with Crippen LogP contribution in [0, 0.1) is 12.7 Å². The Bertz CT molecular complexity index is 1120. The van der Waals surface area contributed by atoms with Gasteiger partial charge >= 0.3 is 0 Å². The van der Waals surface area contributed by atoms with E-state index in [2.05, 4.69) is 4.98 Å². The second-order valence-corrected chi connectivity index (χ2v) is 8.41. The van der Waals surface area contributed by atoms with Crippen molar-refractivity contribution in [3.8, 4) is 0 Å². The maximum absolute atomic E-state index is 13.4. The minimum atomic E-state index is -3.50. The Morgan fingerprint density at radius 1 is 1.15 bits per heavy atom. The largest absolute Gasteiger partial charge is 0.360 e. The van der Waals surface area contributed by atoms with E-state index in [9.17, 15) is 12.8 Å². The molecule has 2 heterocycles. The van der Waals surface area contributed by atoms with Crippen molar-refractivity contribution in [2.24, 2.45) is 0 Å². The molecule has 1 aliphatic rings. The molecule has 0 atom stereocenters. The van der Waals surface area contributed by atoms with Gasteiger partial charge < -0.3 is 4.98 Å². The van der Waals surface area contributed by atoms with Crippen LogP contribution in [-0.4, -0.2) is 30.8 Å². The lowest BCUT2D eigenvalue weighted by molar-refractivity contribution is 0.441. The zero-order valence-electron chi connectivity index (χ0n) is 14.4. The van der Waals surface area contributed by atoms with E-state index in [-0.39, 0.29) is 5.82 Å². The lowest BCUT2D eigenvalue weighted by atomic mass is 10.00. The monoisotopic (exact) mass is 370 g/mol. The summed E-state index contributed by atoms with van der Waals surface area (Å²) in [4.78, 5) is 3.45. The summed E-state index contributed by atoms with van der Waals surface area (Å²) >= 11 is 0. The third-order valence-electron chi connectivity index (χ3n) is 4.87. The van der Waals surface area contributed by atoms with Crippen LogP contribution in [0.3, 0.4) is 0 Å². The number of halogens is 1. The van der Waals surface area contributed by atoms with Gasteiger partial charge in [-0.05, 0) is 48.7 Å². The van der Waals surface area contributed by atoms with E-state index >= 15 is 0 Å². The second kappa shape index (κ2) is 6.37. The summed E-state index contributed by atoms with van der Waals surface area (Å²) in [5.41, 5.74) is 3.59. The van der Waals surface area contributed by atoms with E-state index in [4.69, 9.17) is 0 Å². The summed E-state index contributed by atoms with van der Waals surface area (Å²) in [5.74, 6) is -0.279. The van der Waals surface area contributed by atoms with E-state index in [0.29, 0.717) is 24.4 Å². The molecule has 0 amide bonds. The van der Waals surface area contributed by atoms with Crippen LogP contribution < -0.4 is 0 Å². The fraction of sp³-hybridized carbons (Fsp3) is 0.200. The number of aryl methyl sites for hydroxylation is 1. The van der Waals surface area contributed by atoms with Gasteiger partial charge in [0.05, 0.1) is 4.90 Å². The number of hydrogen-bond acceptors (Lipinski definition) is 2. The van der Waals surface area contributed by atoms with Gasteiger partial charge in [-0.25, -0.2) is 12.8 Å². The first-order valence-corrected chi connectivity index (χ1v) is 9.92. The van der Waals surface area contributed by atoms with Gasteiger partial charge in [0.2, 0.25) is 10.0 Å². The average molecular weight is 370 g/mol. The molecule has 0 spiro atoms. The molecule has 0 bridgehead atoms. The molecule has 6 heteroatoms. The van der Waals surface area contributed by atoms with E-state index in [1.807, 2.05) is 31.3 Å². The number of hydrogen-bond donors (Lipinski definition) is 1. The van der Waals surface area contributed by atoms with Crippen molar-refractivity contribution in [2.45, 2.75) is 18.2 Å². The van der Waals surface area contributed by atoms with Crippen LogP contribution in [0.15, 0.2) is 59.6 Å². The second-order valence-electron chi connectivity index (χ2n) is 6.50. The molecule has 2 aromatic carbocycles. The van der Waals surface area contributed by atoms with E-state index in [1.54, 1.807) is 18.2 Å². The van der Waals surface area contributed by atoms with Crippen molar-refractivity contribution < 1.29 is 12.8 Å². The molecule has 0 saturated heterocycles. The maximum atomic E-state index is 13.4. The predicted octanol–water partition coefficient (Wildman–Crippen LogP) is 4.09. The summed E-state index contributed by atoms with van der Waals surface area (Å²) in [7, 11) is -3.50. The molecule has 26 heavy (non-hydrogen) atoms. The fourth-order valence-electron chi connectivity index (χ4n) is 3.46. The van der Waals surface area contributed by atoms with E-state index in [0.717, 1.165) is 27.6 Å². The predicted molar refractivity (Wildman–Crippen MR) is 101 cm³/mol. The topological polar surface area (TPSA) is 53.2 Å². The Morgan fingerprint density at radius 3 is 2.69 bits per heavy atom. The lowest BCUT2D eigenvalue weighted by Crippen LogP contribution is -2.35. The highest BCUT2D eigenvalue weighted by Crippen LogP contribution is 2.31. The molecule has 0 fully saturated rings. The highest BCUT2D eigenvalue weighted by molar-refractivity contribution is 7.89. The van der Waals surface area contributed by atoms with E-state index in [1.165, 1.54) is 16.4 Å². The summed E-state index contributed by atoms with van der Waals surface area (Å²) < 4.78 is 40.7. The van der Waals surface area contributed by atoms with Crippen molar-refractivity contribution >= 4 is 26.5 Å². The van der Waals surface area contributed by atoms with Crippen LogP contribution in [0.4, 0.5) is 4.39 Å². The standard InChI is InChI=1S/C20H19FN2O2S/c1-14-4-2-3-5-20(14)26(24,25)23-10-8-15(9-11-23)18-13-22-19-12-16(21)6-7-17(18)19/h2-8,12-13,22H,9-11H2,1H3. The smallest absolute Gasteiger partial charge is 0.243 e. The molecule has 0 aliphatic carbocycles. The SMILES string of the molecule is Cc1ccccc1S(=O)(=O)N1CC=C(c2c[nH]c3cc(F)ccc23)CC1. The molecule has 4 nitrogen and oxygen atoms in total. The summed E-state index contributed by atoms with van der Waals surface area (Å²) in [6.45, 7) is 2.57. The molecule has 1 aromatic heterocycles. The van der Waals surface area contributed by atoms with Crippen molar-refractivity contribution in [1.29, 1.82) is 0 Å². The van der Waals surface area contributed by atoms with Crippen LogP contribution in [0.2, 0.25) is 0 Å². The van der Waals surface area contributed by atoms with Crippen LogP contribution in [-0.2, 0) is 10.0 Å². The van der Waals surface area contributed by atoms with Gasteiger partial charge in [0.15, 0.2) is 0 Å². The summed E-state index contributed by atoms with van der Waals surface area (Å²) in [5, 5.41) is 0.952. The minimum absolute atomic E-state index is 0.279. The van der Waals surface area contributed by atoms with Crippen molar-refractivity contribution in [3.63, 3.8) is 0 Å². The molecule has 4 rings (SSSR count). The summed E-state index contributed by atoms with van der Waals surface area (Å²) in [6, 6.07) is 11.7. The maximum Gasteiger partial charge on any atom is 0.243 e. The third kappa shape index (κ3) is 2.85. The van der Waals surface area contributed by atoms with Crippen LogP contribution in [0.25, 0.3) is 16.5 Å². The number of nitrogens with one attached hydrogen (secondary N) is 1. The Labute approximate surface area is 152 Å². The number of sulfonamides is 1. The van der Waals surface area contributed by atoms with Gasteiger partial charge in [-0.3, -0.25) is 0 Å². The fourth-order valence-corrected chi connectivity index (χ4v) is 5.07. The lowest BCUT2D eigenvalue weighted by Gasteiger charge is -2.26. The number of benzene rings is 2. The third-order valence-corrected chi connectivity index (χ3v) is 6.90. The van der Waals surface area contributed by atoms with Gasteiger partial charge in [0.1, 0.15) is 5.82 Å². The molecular formula is C20H19FN2O2S. The van der Waals surface area contributed by atoms with Gasteiger partial charge in [-0.15, -0.1) is 0 Å². The highest BCUT2D eigenvalue weighted by Gasteiger charge is 2.27. The Hall–Kier alpha value is -2.44. The molecule has 134 valence electrons. The van der Waals surface area contributed by atoms with Crippen molar-refractivity contribution in [1.82, 2.24) is 9.29 Å². The normalized spacial score (nSPS) is 16.0. The van der Waals surface area contributed by atoms with Crippen molar-refractivity contribution in [3.05, 3.63) is 71.7 Å². The number of aromatic nitrogens is 1. The van der Waals surface area contributed by atoms with Crippen molar-refractivity contribution in [2.75, 3.05) is 13.1 Å². The molecule has 1 aliphatic heterocycles. The quantitative estimate of drug-likeness (QED) is 0.755. The highest BCUT2D eigenvalue weighted by atomic mass is 32.2. The number of aromatic amines is 1. The zero-order chi connectivity index (χ0) is 18.3. The Morgan fingerprint density at radius 2 is 1.96 bits per heavy atom. The molecule has 0 saturated carbocycles. The van der Waals surface area contributed by atoms with Gasteiger partial charge in [0, 0.05) is 35.8 Å². The number of nitrogens with zero attached hydrogens (tertiary/aromatic N) is 1. The minimum Gasteiger partial charge on any atom is -0.360 e. The van der Waals surface area contributed by atoms with Gasteiger partial charge in [-0.1, -0.05) is 24.3 Å². The number of H-pyrrole nitrogens is 1. The molecule has 0 radical (unpaired) electrons. The van der Waals surface area contributed by atoms with Crippen LogP contribution in [0.5, 0.6) is 0 Å². The Kier molecular flexibility index (Phi) is 4.17. The summed E-state index contributed by atoms with van der Waals surface area (Å²) in [6.07, 6.45) is 4.43. The van der Waals surface area contributed by atoms with Gasteiger partial charge in [-0.2, -0.15) is 4.31 Å². The van der Waals surface area contributed by atoms with Gasteiger partial charge in [0.25, 0.3) is 0 Å². The zero-order valence-corrected chi connectivity index (χ0v) is 15.2. The van der Waals surface area contributed by atoms with Crippen LogP contribution >= 0.6 is 0 Å². The first-order valence-electron chi connectivity index (χ1n) is 8.48. The average Bonchev–Trinajstić information content (AvgIpc) is 3.05. The first-order chi connectivity index (χ1) is 12.5. The van der Waals surface area contributed by atoms with E-state index < -0.39 is 10.0 Å². The van der Waals surface area contributed by atoms with Crippen LogP contribution in [0.1, 0.15) is 17.5 Å².